The molecule has 1 heterocycles. The summed E-state index contributed by atoms with van der Waals surface area (Å²) in [4.78, 5) is 25.6. The Morgan fingerprint density at radius 2 is 2.05 bits per heavy atom. The van der Waals surface area contributed by atoms with Crippen LogP contribution in [0.4, 0.5) is 5.69 Å². The van der Waals surface area contributed by atoms with Crippen LogP contribution < -0.4 is 16.6 Å². The van der Waals surface area contributed by atoms with E-state index in [9.17, 15) is 9.59 Å². The summed E-state index contributed by atoms with van der Waals surface area (Å²) in [5.41, 5.74) is 6.13. The van der Waals surface area contributed by atoms with E-state index in [2.05, 4.69) is 15.5 Å². The molecule has 20 heavy (non-hydrogen) atoms. The van der Waals surface area contributed by atoms with E-state index in [4.69, 9.17) is 10.9 Å². The van der Waals surface area contributed by atoms with Crippen molar-refractivity contribution in [3.05, 3.63) is 64.1 Å². The molecule has 7 heteroatoms. The maximum atomic E-state index is 12.0. The number of H-pyrrole nitrogens is 1. The summed E-state index contributed by atoms with van der Waals surface area (Å²) in [6.07, 6.45) is 1.38. The van der Waals surface area contributed by atoms with Gasteiger partial charge in [-0.1, -0.05) is 17.3 Å². The van der Waals surface area contributed by atoms with Gasteiger partial charge in [0.2, 0.25) is 5.56 Å². The third kappa shape index (κ3) is 2.83. The molecule has 0 bridgehead atoms. The Morgan fingerprint density at radius 1 is 1.30 bits per heavy atom. The van der Waals surface area contributed by atoms with Crippen LogP contribution in [0, 0.1) is 0 Å². The van der Waals surface area contributed by atoms with Crippen LogP contribution in [0.1, 0.15) is 15.9 Å². The second-order valence-electron chi connectivity index (χ2n) is 3.93. The van der Waals surface area contributed by atoms with Crippen LogP contribution >= 0.6 is 0 Å². The van der Waals surface area contributed by atoms with Gasteiger partial charge in [0.05, 0.1) is 5.69 Å². The van der Waals surface area contributed by atoms with E-state index in [1.807, 2.05) is 0 Å². The molecule has 0 aliphatic carbocycles. The third-order valence-electron chi connectivity index (χ3n) is 2.60. The molecule has 0 radical (unpaired) electrons. The number of nitrogens with two attached hydrogens (primary N) is 1. The zero-order valence-electron chi connectivity index (χ0n) is 10.3. The minimum absolute atomic E-state index is 0.119. The van der Waals surface area contributed by atoms with Crippen LogP contribution in [0.2, 0.25) is 0 Å². The van der Waals surface area contributed by atoms with E-state index in [0.717, 1.165) is 0 Å². The van der Waals surface area contributed by atoms with Crippen molar-refractivity contribution < 1.29 is 10.0 Å². The number of oxime groups is 1. The van der Waals surface area contributed by atoms with Gasteiger partial charge in [-0.3, -0.25) is 9.59 Å². The fourth-order valence-electron chi connectivity index (χ4n) is 1.65. The summed E-state index contributed by atoms with van der Waals surface area (Å²) in [5.74, 6) is -0.582. The molecular weight excluding hydrogens is 260 g/mol. The number of para-hydroxylation sites is 1. The lowest BCUT2D eigenvalue weighted by Crippen LogP contribution is -2.20. The first kappa shape index (κ1) is 13.3. The predicted molar refractivity (Wildman–Crippen MR) is 74.0 cm³/mol. The molecule has 0 aliphatic rings. The molecular formula is C13H12N4O3. The highest BCUT2D eigenvalue weighted by molar-refractivity contribution is 6.09. The highest BCUT2D eigenvalue weighted by atomic mass is 16.4. The second kappa shape index (κ2) is 5.70. The zero-order chi connectivity index (χ0) is 14.5. The van der Waals surface area contributed by atoms with Crippen LogP contribution in [-0.4, -0.2) is 21.9 Å². The van der Waals surface area contributed by atoms with Crippen molar-refractivity contribution in [2.45, 2.75) is 0 Å². The lowest BCUT2D eigenvalue weighted by Gasteiger charge is -2.09. The molecule has 0 saturated carbocycles. The monoisotopic (exact) mass is 272 g/mol. The number of benzene rings is 1. The van der Waals surface area contributed by atoms with Gasteiger partial charge in [0, 0.05) is 23.4 Å². The lowest BCUT2D eigenvalue weighted by atomic mass is 10.1. The zero-order valence-corrected chi connectivity index (χ0v) is 10.3. The van der Waals surface area contributed by atoms with Crippen LogP contribution in [0.3, 0.4) is 0 Å². The topological polar surface area (TPSA) is 121 Å². The van der Waals surface area contributed by atoms with Crippen molar-refractivity contribution in [1.29, 1.82) is 0 Å². The highest BCUT2D eigenvalue weighted by Gasteiger charge is 2.11. The average Bonchev–Trinajstić information content (AvgIpc) is 2.47. The van der Waals surface area contributed by atoms with Gasteiger partial charge >= 0.3 is 0 Å². The van der Waals surface area contributed by atoms with E-state index in [1.165, 1.54) is 18.3 Å². The number of hydrogen-bond donors (Lipinski definition) is 4. The maximum absolute atomic E-state index is 12.0. The Balaban J connectivity index is 2.31. The van der Waals surface area contributed by atoms with E-state index >= 15 is 0 Å². The van der Waals surface area contributed by atoms with Gasteiger partial charge in [0.25, 0.3) is 5.91 Å². The number of carbonyl (C=O) groups excluding carboxylic acids is 1. The number of hydrogen-bond acceptors (Lipinski definition) is 4. The predicted octanol–water partition coefficient (Wildman–Crippen LogP) is 0.722. The van der Waals surface area contributed by atoms with Gasteiger partial charge in [0.15, 0.2) is 5.84 Å². The molecule has 2 rings (SSSR count). The van der Waals surface area contributed by atoms with Crippen LogP contribution in [0.25, 0.3) is 0 Å². The lowest BCUT2D eigenvalue weighted by molar-refractivity contribution is 0.102. The number of amidine groups is 1. The molecule has 1 amide bonds. The van der Waals surface area contributed by atoms with Crippen molar-refractivity contribution >= 4 is 17.4 Å². The highest BCUT2D eigenvalue weighted by Crippen LogP contribution is 2.15. The number of nitrogens with zero attached hydrogens (tertiary/aromatic N) is 1. The molecule has 102 valence electrons. The molecule has 0 fully saturated rings. The Bertz CT molecular complexity index is 721. The Morgan fingerprint density at radius 3 is 2.75 bits per heavy atom. The van der Waals surface area contributed by atoms with Crippen molar-refractivity contribution in [2.24, 2.45) is 10.9 Å². The number of aromatic nitrogens is 1. The summed E-state index contributed by atoms with van der Waals surface area (Å²) < 4.78 is 0. The summed E-state index contributed by atoms with van der Waals surface area (Å²) in [6, 6.07) is 9.25. The first-order chi connectivity index (χ1) is 9.61. The van der Waals surface area contributed by atoms with Crippen LogP contribution in [0.15, 0.2) is 52.5 Å². The molecule has 1 aromatic heterocycles. The van der Waals surface area contributed by atoms with Crippen LogP contribution in [0.5, 0.6) is 0 Å². The molecule has 0 atom stereocenters. The summed E-state index contributed by atoms with van der Waals surface area (Å²) in [7, 11) is 0. The normalized spacial score (nSPS) is 11.1. The van der Waals surface area contributed by atoms with Crippen molar-refractivity contribution in [2.75, 3.05) is 5.32 Å². The van der Waals surface area contributed by atoms with Crippen molar-refractivity contribution in [1.82, 2.24) is 4.98 Å². The summed E-state index contributed by atoms with van der Waals surface area (Å²) >= 11 is 0. The minimum Gasteiger partial charge on any atom is -0.409 e. The Kier molecular flexibility index (Phi) is 3.80. The van der Waals surface area contributed by atoms with Gasteiger partial charge in [-0.05, 0) is 18.2 Å². The fraction of sp³-hybridized carbons (Fsp3) is 0. The van der Waals surface area contributed by atoms with Crippen molar-refractivity contribution in [3.8, 4) is 0 Å². The molecule has 7 nitrogen and oxygen atoms in total. The maximum Gasteiger partial charge on any atom is 0.255 e. The standard InChI is InChI=1S/C13H12N4O3/c14-12(17-20)9-3-1-2-4-10(9)16-13(19)8-5-6-15-11(18)7-8/h1-7,20H,(H2,14,17)(H,15,18)(H,16,19). The first-order valence-corrected chi connectivity index (χ1v) is 5.69. The minimum atomic E-state index is -0.464. The van der Waals surface area contributed by atoms with Crippen LogP contribution in [-0.2, 0) is 0 Å². The number of nitrogens with one attached hydrogen (secondary N) is 2. The first-order valence-electron chi connectivity index (χ1n) is 5.69. The smallest absolute Gasteiger partial charge is 0.255 e. The van der Waals surface area contributed by atoms with Gasteiger partial charge in [0.1, 0.15) is 0 Å². The number of amides is 1. The van der Waals surface area contributed by atoms with E-state index in [1.54, 1.807) is 24.3 Å². The molecule has 0 unspecified atom stereocenters. The average molecular weight is 272 g/mol. The third-order valence-corrected chi connectivity index (χ3v) is 2.60. The summed E-state index contributed by atoms with van der Waals surface area (Å²) in [5, 5.41) is 14.2. The SMILES string of the molecule is N/C(=N/O)c1ccccc1NC(=O)c1cc[nH]c(=O)c1. The van der Waals surface area contributed by atoms with Gasteiger partial charge in [-0.2, -0.15) is 0 Å². The van der Waals surface area contributed by atoms with Gasteiger partial charge in [-0.25, -0.2) is 0 Å². The van der Waals surface area contributed by atoms with Gasteiger partial charge < -0.3 is 21.2 Å². The number of rotatable bonds is 3. The number of carbonyl (C=O) groups is 1. The fourth-order valence-corrected chi connectivity index (χ4v) is 1.65. The second-order valence-corrected chi connectivity index (χ2v) is 3.93. The Hall–Kier alpha value is -3.09. The molecule has 0 saturated heterocycles. The summed E-state index contributed by atoms with van der Waals surface area (Å²) in [6.45, 7) is 0. The molecule has 1 aromatic carbocycles. The van der Waals surface area contributed by atoms with Crippen molar-refractivity contribution in [3.63, 3.8) is 0 Å². The number of pyridine rings is 1. The largest absolute Gasteiger partial charge is 0.409 e. The van der Waals surface area contributed by atoms with E-state index in [-0.39, 0.29) is 17.0 Å². The number of aromatic amines is 1. The molecule has 0 aliphatic heterocycles. The molecule has 2 aromatic rings. The number of anilines is 1. The van der Waals surface area contributed by atoms with Gasteiger partial charge in [-0.15, -0.1) is 0 Å². The molecule has 5 N–H and O–H groups in total. The quantitative estimate of drug-likeness (QED) is 0.285. The Labute approximate surface area is 113 Å². The van der Waals surface area contributed by atoms with E-state index in [0.29, 0.717) is 11.3 Å². The van der Waals surface area contributed by atoms with E-state index < -0.39 is 5.91 Å². The molecule has 0 spiro atoms.